The SMILES string of the molecule is Cn1nc(C(=O)NNC(=O)c2ccc(F)c(F)c2)c2ccccc2c1=O. The molecule has 0 unspecified atom stereocenters. The van der Waals surface area contributed by atoms with Gasteiger partial charge in [0.2, 0.25) is 0 Å². The molecule has 9 heteroatoms. The third-order valence-electron chi connectivity index (χ3n) is 3.64. The van der Waals surface area contributed by atoms with Crippen molar-refractivity contribution in [1.82, 2.24) is 20.6 Å². The molecule has 7 nitrogen and oxygen atoms in total. The summed E-state index contributed by atoms with van der Waals surface area (Å²) in [5, 5.41) is 4.52. The molecule has 132 valence electrons. The number of fused-ring (bicyclic) bond motifs is 1. The first kappa shape index (κ1) is 17.2. The highest BCUT2D eigenvalue weighted by molar-refractivity contribution is 6.06. The lowest BCUT2D eigenvalue weighted by Crippen LogP contribution is -2.42. The molecule has 0 atom stereocenters. The van der Waals surface area contributed by atoms with Crippen LogP contribution in [0.1, 0.15) is 20.8 Å². The zero-order valence-electron chi connectivity index (χ0n) is 13.4. The van der Waals surface area contributed by atoms with Crippen molar-refractivity contribution in [2.75, 3.05) is 0 Å². The summed E-state index contributed by atoms with van der Waals surface area (Å²) < 4.78 is 27.1. The Hall–Kier alpha value is -3.62. The summed E-state index contributed by atoms with van der Waals surface area (Å²) in [5.74, 6) is -3.89. The van der Waals surface area contributed by atoms with Gasteiger partial charge in [0, 0.05) is 18.0 Å². The van der Waals surface area contributed by atoms with Crippen molar-refractivity contribution in [1.29, 1.82) is 0 Å². The number of carbonyl (C=O) groups excluding carboxylic acids is 2. The number of nitrogens with one attached hydrogen (secondary N) is 2. The van der Waals surface area contributed by atoms with Crippen molar-refractivity contribution >= 4 is 22.6 Å². The molecule has 0 radical (unpaired) electrons. The molecule has 0 saturated heterocycles. The van der Waals surface area contributed by atoms with E-state index in [-0.39, 0.29) is 16.8 Å². The summed E-state index contributed by atoms with van der Waals surface area (Å²) in [5.41, 5.74) is 3.60. The Morgan fingerprint density at radius 2 is 1.62 bits per heavy atom. The van der Waals surface area contributed by atoms with E-state index in [9.17, 15) is 23.2 Å². The summed E-state index contributed by atoms with van der Waals surface area (Å²) in [7, 11) is 1.39. The zero-order valence-corrected chi connectivity index (χ0v) is 13.4. The van der Waals surface area contributed by atoms with Crippen molar-refractivity contribution < 1.29 is 18.4 Å². The standard InChI is InChI=1S/C17H12F2N4O3/c1-23-17(26)11-5-3-2-4-10(11)14(22-23)16(25)21-20-15(24)9-6-7-12(18)13(19)8-9/h2-8H,1H3,(H,20,24)(H,21,25). The fourth-order valence-electron chi connectivity index (χ4n) is 2.35. The number of benzene rings is 2. The molecule has 3 rings (SSSR count). The third-order valence-corrected chi connectivity index (χ3v) is 3.64. The molecule has 26 heavy (non-hydrogen) atoms. The maximum atomic E-state index is 13.2. The lowest BCUT2D eigenvalue weighted by atomic mass is 10.1. The number of aryl methyl sites for hydroxylation is 1. The molecule has 0 spiro atoms. The first-order valence-electron chi connectivity index (χ1n) is 7.40. The Bertz CT molecular complexity index is 1100. The molecular weight excluding hydrogens is 346 g/mol. The number of carbonyl (C=O) groups is 2. The molecule has 0 aliphatic carbocycles. The van der Waals surface area contributed by atoms with Crippen LogP contribution >= 0.6 is 0 Å². The van der Waals surface area contributed by atoms with E-state index in [0.717, 1.165) is 16.8 Å². The second-order valence-corrected chi connectivity index (χ2v) is 5.36. The summed E-state index contributed by atoms with van der Waals surface area (Å²) >= 11 is 0. The molecule has 1 aromatic heterocycles. The van der Waals surface area contributed by atoms with E-state index in [4.69, 9.17) is 0 Å². The van der Waals surface area contributed by atoms with E-state index in [2.05, 4.69) is 16.0 Å². The van der Waals surface area contributed by atoms with Gasteiger partial charge in [-0.25, -0.2) is 13.5 Å². The van der Waals surface area contributed by atoms with Gasteiger partial charge in [0.05, 0.1) is 5.39 Å². The predicted molar refractivity (Wildman–Crippen MR) is 88.3 cm³/mol. The van der Waals surface area contributed by atoms with Crippen molar-refractivity contribution in [2.45, 2.75) is 0 Å². The summed E-state index contributed by atoms with van der Waals surface area (Å²) in [6.07, 6.45) is 0. The average molecular weight is 358 g/mol. The Labute approximate surface area is 145 Å². The zero-order chi connectivity index (χ0) is 18.8. The maximum absolute atomic E-state index is 13.2. The van der Waals surface area contributed by atoms with E-state index < -0.39 is 23.4 Å². The fraction of sp³-hybridized carbons (Fsp3) is 0.0588. The highest BCUT2D eigenvalue weighted by Gasteiger charge is 2.17. The first-order valence-corrected chi connectivity index (χ1v) is 7.40. The Morgan fingerprint density at radius 1 is 0.962 bits per heavy atom. The molecule has 2 N–H and O–H groups in total. The molecule has 0 aliphatic rings. The molecule has 0 fully saturated rings. The Balaban J connectivity index is 1.84. The summed E-state index contributed by atoms with van der Waals surface area (Å²) in [4.78, 5) is 36.3. The van der Waals surface area contributed by atoms with Crippen LogP contribution in [0.5, 0.6) is 0 Å². The Morgan fingerprint density at radius 3 is 2.31 bits per heavy atom. The number of amides is 2. The second kappa shape index (κ2) is 6.71. The Kier molecular flexibility index (Phi) is 4.44. The second-order valence-electron chi connectivity index (χ2n) is 5.36. The number of hydrogen-bond acceptors (Lipinski definition) is 4. The molecular formula is C17H12F2N4O3. The first-order chi connectivity index (χ1) is 12.4. The van der Waals surface area contributed by atoms with Gasteiger partial charge in [-0.2, -0.15) is 5.10 Å². The van der Waals surface area contributed by atoms with Crippen LogP contribution in [0.4, 0.5) is 8.78 Å². The molecule has 1 heterocycles. The highest BCUT2D eigenvalue weighted by atomic mass is 19.2. The van der Waals surface area contributed by atoms with Gasteiger partial charge in [0.15, 0.2) is 17.3 Å². The molecule has 3 aromatic rings. The lowest BCUT2D eigenvalue weighted by Gasteiger charge is -2.10. The minimum absolute atomic E-state index is 0.0757. The number of rotatable bonds is 2. The van der Waals surface area contributed by atoms with Crippen molar-refractivity contribution in [2.24, 2.45) is 7.05 Å². The third kappa shape index (κ3) is 3.14. The smallest absolute Gasteiger partial charge is 0.267 e. The van der Waals surface area contributed by atoms with Gasteiger partial charge >= 0.3 is 0 Å². The molecule has 0 saturated carbocycles. The molecule has 2 amide bonds. The quantitative estimate of drug-likeness (QED) is 0.675. The molecule has 0 aliphatic heterocycles. The van der Waals surface area contributed by atoms with Crippen LogP contribution in [-0.4, -0.2) is 21.6 Å². The van der Waals surface area contributed by atoms with Crippen molar-refractivity contribution in [3.63, 3.8) is 0 Å². The van der Waals surface area contributed by atoms with Crippen molar-refractivity contribution in [3.05, 3.63) is 75.7 Å². The number of nitrogens with zero attached hydrogens (tertiary/aromatic N) is 2. The van der Waals surface area contributed by atoms with E-state index >= 15 is 0 Å². The van der Waals surface area contributed by atoms with Crippen LogP contribution in [0.3, 0.4) is 0 Å². The number of halogens is 2. The van der Waals surface area contributed by atoms with Gasteiger partial charge in [-0.1, -0.05) is 18.2 Å². The largest absolute Gasteiger partial charge is 0.290 e. The van der Waals surface area contributed by atoms with Crippen LogP contribution in [0.25, 0.3) is 10.8 Å². The van der Waals surface area contributed by atoms with Crippen LogP contribution in [-0.2, 0) is 7.05 Å². The van der Waals surface area contributed by atoms with Gasteiger partial charge in [-0.3, -0.25) is 25.2 Å². The van der Waals surface area contributed by atoms with Gasteiger partial charge < -0.3 is 0 Å². The number of aromatic nitrogens is 2. The van der Waals surface area contributed by atoms with Gasteiger partial charge in [0.25, 0.3) is 17.4 Å². The van der Waals surface area contributed by atoms with E-state index in [1.807, 2.05) is 0 Å². The van der Waals surface area contributed by atoms with Crippen LogP contribution in [0, 0.1) is 11.6 Å². The monoisotopic (exact) mass is 358 g/mol. The molecule has 2 aromatic carbocycles. The van der Waals surface area contributed by atoms with E-state index in [1.54, 1.807) is 24.3 Å². The van der Waals surface area contributed by atoms with Gasteiger partial charge in [0.1, 0.15) is 0 Å². The van der Waals surface area contributed by atoms with E-state index in [1.165, 1.54) is 7.05 Å². The van der Waals surface area contributed by atoms with Crippen LogP contribution in [0.15, 0.2) is 47.3 Å². The van der Waals surface area contributed by atoms with Crippen LogP contribution < -0.4 is 16.4 Å². The highest BCUT2D eigenvalue weighted by Crippen LogP contribution is 2.13. The number of hydrazine groups is 1. The lowest BCUT2D eigenvalue weighted by molar-refractivity contribution is 0.0843. The maximum Gasteiger partial charge on any atom is 0.290 e. The van der Waals surface area contributed by atoms with Crippen LogP contribution in [0.2, 0.25) is 0 Å². The molecule has 0 bridgehead atoms. The van der Waals surface area contributed by atoms with Gasteiger partial charge in [-0.05, 0) is 24.3 Å². The summed E-state index contributed by atoms with van der Waals surface area (Å²) in [6.45, 7) is 0. The average Bonchev–Trinajstić information content (AvgIpc) is 2.64. The minimum atomic E-state index is -1.19. The minimum Gasteiger partial charge on any atom is -0.267 e. The normalized spacial score (nSPS) is 10.6. The van der Waals surface area contributed by atoms with E-state index in [0.29, 0.717) is 16.8 Å². The number of hydrogen-bond donors (Lipinski definition) is 2. The predicted octanol–water partition coefficient (Wildman–Crippen LogP) is 1.29. The van der Waals surface area contributed by atoms with Gasteiger partial charge in [-0.15, -0.1) is 0 Å². The van der Waals surface area contributed by atoms with Crippen molar-refractivity contribution in [3.8, 4) is 0 Å². The fourth-order valence-corrected chi connectivity index (χ4v) is 2.35. The summed E-state index contributed by atoms with van der Waals surface area (Å²) in [6, 6.07) is 8.97. The topological polar surface area (TPSA) is 93.1 Å².